The van der Waals surface area contributed by atoms with Crippen molar-refractivity contribution in [1.82, 2.24) is 18.8 Å². The molecular weight excluding hydrogens is 400 g/mol. The number of hydrogen-bond donors (Lipinski definition) is 1. The first-order valence-electron chi connectivity index (χ1n) is 10.6. The minimum Gasteiger partial charge on any atom is -0.380 e. The summed E-state index contributed by atoms with van der Waals surface area (Å²) in [5.41, 5.74) is 4.43. The first-order valence-corrected chi connectivity index (χ1v) is 11.9. The number of hydrogen-bond acceptors (Lipinski definition) is 6. The molecule has 5 nitrogen and oxygen atoms in total. The fourth-order valence-corrected chi connectivity index (χ4v) is 5.81. The fraction of sp³-hybridized carbons (Fsp3) is 0.545. The van der Waals surface area contributed by atoms with E-state index in [1.807, 2.05) is 17.1 Å². The van der Waals surface area contributed by atoms with Gasteiger partial charge in [0.25, 0.3) is 0 Å². The third kappa shape index (κ3) is 3.98. The quantitative estimate of drug-likeness (QED) is 0.602. The molecule has 4 heterocycles. The van der Waals surface area contributed by atoms with Gasteiger partial charge in [0, 0.05) is 54.5 Å². The Morgan fingerprint density at radius 1 is 1.17 bits per heavy atom. The van der Waals surface area contributed by atoms with E-state index < -0.39 is 0 Å². The van der Waals surface area contributed by atoms with E-state index in [2.05, 4.69) is 40.3 Å². The molecule has 0 aromatic carbocycles. The van der Waals surface area contributed by atoms with Crippen LogP contribution in [-0.4, -0.2) is 51.2 Å². The van der Waals surface area contributed by atoms with Gasteiger partial charge in [-0.2, -0.15) is 0 Å². The van der Waals surface area contributed by atoms with Crippen molar-refractivity contribution >= 4 is 35.2 Å². The van der Waals surface area contributed by atoms with Gasteiger partial charge in [0.2, 0.25) is 0 Å². The number of aromatic nitrogens is 3. The van der Waals surface area contributed by atoms with Crippen molar-refractivity contribution < 1.29 is 4.74 Å². The van der Waals surface area contributed by atoms with Crippen molar-refractivity contribution in [3.05, 3.63) is 34.4 Å². The maximum atomic E-state index is 5.64. The lowest BCUT2D eigenvalue weighted by Gasteiger charge is -2.36. The van der Waals surface area contributed by atoms with E-state index in [9.17, 15) is 0 Å². The molecule has 1 saturated heterocycles. The van der Waals surface area contributed by atoms with Crippen molar-refractivity contribution in [2.75, 3.05) is 26.3 Å². The Kier molecular flexibility index (Phi) is 5.65. The molecule has 3 aromatic heterocycles. The third-order valence-corrected chi connectivity index (χ3v) is 7.56. The van der Waals surface area contributed by atoms with Crippen molar-refractivity contribution in [2.24, 2.45) is 0 Å². The number of thiol groups is 1. The molecule has 7 heteroatoms. The van der Waals surface area contributed by atoms with Crippen LogP contribution in [0.2, 0.25) is 0 Å². The Hall–Kier alpha value is -1.41. The van der Waals surface area contributed by atoms with E-state index in [1.54, 1.807) is 11.3 Å². The second-order valence-corrected chi connectivity index (χ2v) is 9.78. The predicted molar refractivity (Wildman–Crippen MR) is 122 cm³/mol. The lowest BCUT2D eigenvalue weighted by molar-refractivity contribution is 0.118. The Morgan fingerprint density at radius 3 is 2.83 bits per heavy atom. The number of ether oxygens (including phenoxy) is 1. The van der Waals surface area contributed by atoms with Crippen LogP contribution in [0.1, 0.15) is 48.6 Å². The summed E-state index contributed by atoms with van der Waals surface area (Å²) in [7, 11) is 0. The first kappa shape index (κ1) is 19.5. The highest BCUT2D eigenvalue weighted by Gasteiger charge is 2.27. The smallest absolute Gasteiger partial charge is 0.150 e. The van der Waals surface area contributed by atoms with Crippen LogP contribution in [0.5, 0.6) is 0 Å². The van der Waals surface area contributed by atoms with E-state index in [0.717, 1.165) is 53.1 Å². The average Bonchev–Trinajstić information content (AvgIpc) is 3.19. The molecule has 29 heavy (non-hydrogen) atoms. The topological polar surface area (TPSA) is 43.2 Å². The number of fused-ring (bicyclic) bond motifs is 1. The molecule has 0 radical (unpaired) electrons. The molecule has 2 aliphatic rings. The van der Waals surface area contributed by atoms with Crippen LogP contribution in [0.3, 0.4) is 0 Å². The summed E-state index contributed by atoms with van der Waals surface area (Å²) < 4.78 is 7.46. The highest BCUT2D eigenvalue weighted by atomic mass is 32.1. The number of rotatable bonds is 3. The molecule has 154 valence electrons. The summed E-state index contributed by atoms with van der Waals surface area (Å²) in [5, 5.41) is 4.37. The second-order valence-electron chi connectivity index (χ2n) is 8.29. The Bertz CT molecular complexity index is 982. The summed E-state index contributed by atoms with van der Waals surface area (Å²) >= 11 is 6.27. The van der Waals surface area contributed by atoms with Gasteiger partial charge in [0.05, 0.1) is 17.3 Å². The third-order valence-electron chi connectivity index (χ3n) is 6.48. The van der Waals surface area contributed by atoms with Gasteiger partial charge in [-0.05, 0) is 56.6 Å². The van der Waals surface area contributed by atoms with Crippen LogP contribution in [0.25, 0.3) is 22.3 Å². The number of nitrogens with zero attached hydrogens (tertiary/aromatic N) is 4. The maximum absolute atomic E-state index is 5.64. The normalized spacial score (nSPS) is 24.1. The SMILES string of the molecule is Cc1nc(-c2cn(S)c3ncc([C@H]4CC[C@@H](N5CCCOCC5)CC4)cc23)cs1. The molecule has 0 unspecified atom stereocenters. The van der Waals surface area contributed by atoms with Gasteiger partial charge >= 0.3 is 0 Å². The summed E-state index contributed by atoms with van der Waals surface area (Å²) in [6.45, 7) is 6.14. The van der Waals surface area contributed by atoms with Gasteiger partial charge in [-0.1, -0.05) is 12.8 Å². The molecule has 1 aliphatic heterocycles. The zero-order chi connectivity index (χ0) is 19.8. The van der Waals surface area contributed by atoms with Crippen LogP contribution in [0, 0.1) is 6.92 Å². The summed E-state index contributed by atoms with van der Waals surface area (Å²) in [6.07, 6.45) is 10.3. The van der Waals surface area contributed by atoms with Crippen LogP contribution >= 0.6 is 24.2 Å². The minimum atomic E-state index is 0.597. The van der Waals surface area contributed by atoms with E-state index in [0.29, 0.717) is 5.92 Å². The molecule has 3 aromatic rings. The molecule has 0 atom stereocenters. The second kappa shape index (κ2) is 8.38. The van der Waals surface area contributed by atoms with Gasteiger partial charge in [0.1, 0.15) is 5.65 Å². The number of pyridine rings is 1. The van der Waals surface area contributed by atoms with Gasteiger partial charge in [-0.3, -0.25) is 8.87 Å². The standard InChI is InChI=1S/C22H28N4OS2/c1-15-24-21(14-29-15)20-13-26(28)22-19(20)11-17(12-23-22)16-3-5-18(6-4-16)25-7-2-9-27-10-8-25/h11-14,16,18,28H,2-10H2,1H3/t16-,18+. The van der Waals surface area contributed by atoms with E-state index in [-0.39, 0.29) is 0 Å². The zero-order valence-electron chi connectivity index (χ0n) is 16.9. The number of thiazole rings is 1. The Labute approximate surface area is 181 Å². The minimum absolute atomic E-state index is 0.597. The summed E-state index contributed by atoms with van der Waals surface area (Å²) in [5.74, 6) is 0.597. The highest BCUT2D eigenvalue weighted by Crippen LogP contribution is 2.38. The lowest BCUT2D eigenvalue weighted by Crippen LogP contribution is -2.39. The fourth-order valence-electron chi connectivity index (χ4n) is 4.93. The van der Waals surface area contributed by atoms with E-state index >= 15 is 0 Å². The molecule has 0 N–H and O–H groups in total. The van der Waals surface area contributed by atoms with Crippen LogP contribution < -0.4 is 0 Å². The molecule has 1 saturated carbocycles. The van der Waals surface area contributed by atoms with Gasteiger partial charge in [-0.25, -0.2) is 9.97 Å². The van der Waals surface area contributed by atoms with Gasteiger partial charge in [-0.15, -0.1) is 11.3 Å². The lowest BCUT2D eigenvalue weighted by atomic mass is 9.81. The molecule has 0 amide bonds. The van der Waals surface area contributed by atoms with Crippen molar-refractivity contribution in [3.8, 4) is 11.3 Å². The van der Waals surface area contributed by atoms with Gasteiger partial charge < -0.3 is 4.74 Å². The van der Waals surface area contributed by atoms with Crippen LogP contribution in [0.4, 0.5) is 0 Å². The number of aryl methyl sites for hydroxylation is 1. The van der Waals surface area contributed by atoms with Crippen molar-refractivity contribution in [3.63, 3.8) is 0 Å². The van der Waals surface area contributed by atoms with Crippen LogP contribution in [-0.2, 0) is 4.74 Å². The molecule has 5 rings (SSSR count). The highest BCUT2D eigenvalue weighted by molar-refractivity contribution is 7.78. The van der Waals surface area contributed by atoms with E-state index in [4.69, 9.17) is 9.72 Å². The molecular formula is C22H28N4OS2. The van der Waals surface area contributed by atoms with Crippen molar-refractivity contribution in [2.45, 2.75) is 51.0 Å². The van der Waals surface area contributed by atoms with Crippen molar-refractivity contribution in [1.29, 1.82) is 0 Å². The summed E-state index contributed by atoms with van der Waals surface area (Å²) in [4.78, 5) is 12.1. The molecule has 0 spiro atoms. The van der Waals surface area contributed by atoms with Crippen LogP contribution in [0.15, 0.2) is 23.8 Å². The van der Waals surface area contributed by atoms with Gasteiger partial charge in [0.15, 0.2) is 0 Å². The maximum Gasteiger partial charge on any atom is 0.150 e. The monoisotopic (exact) mass is 428 g/mol. The Balaban J connectivity index is 1.36. The Morgan fingerprint density at radius 2 is 2.03 bits per heavy atom. The zero-order valence-corrected chi connectivity index (χ0v) is 18.6. The largest absolute Gasteiger partial charge is 0.380 e. The first-order chi connectivity index (χ1) is 14.2. The molecule has 2 fully saturated rings. The van der Waals surface area contributed by atoms with E-state index in [1.165, 1.54) is 44.2 Å². The summed E-state index contributed by atoms with van der Waals surface area (Å²) in [6, 6.07) is 3.06. The predicted octanol–water partition coefficient (Wildman–Crippen LogP) is 4.91. The molecule has 0 bridgehead atoms. The molecule has 1 aliphatic carbocycles. The average molecular weight is 429 g/mol.